The van der Waals surface area contributed by atoms with Crippen LogP contribution in [0.5, 0.6) is 5.75 Å². The number of furan rings is 1. The average Bonchev–Trinajstić information content (AvgIpc) is 3.46. The number of carbonyl (C=O) groups is 1. The van der Waals surface area contributed by atoms with Gasteiger partial charge in [-0.3, -0.25) is 9.69 Å². The summed E-state index contributed by atoms with van der Waals surface area (Å²) in [5.74, 6) is 1.78. The maximum Gasteiger partial charge on any atom is 0.270 e. The molecule has 0 unspecified atom stereocenters. The number of hydrogen-bond donors (Lipinski definition) is 2. The van der Waals surface area contributed by atoms with Crippen molar-refractivity contribution in [2.24, 2.45) is 5.92 Å². The van der Waals surface area contributed by atoms with E-state index in [4.69, 9.17) is 4.42 Å². The SMILES string of the molecule is CCN(CC)C(=O)c1[nH]c2c(c1C)C[C@@H]1CN(Cc3ccco3)CC[C@@]1(c1cccc(O)c1)C2. The molecule has 1 aliphatic carbocycles. The third kappa shape index (κ3) is 3.84. The van der Waals surface area contributed by atoms with E-state index in [1.54, 1.807) is 12.3 Å². The van der Waals surface area contributed by atoms with Gasteiger partial charge in [0.2, 0.25) is 0 Å². The van der Waals surface area contributed by atoms with Gasteiger partial charge in [-0.15, -0.1) is 0 Å². The molecule has 3 aromatic rings. The fourth-order valence-corrected chi connectivity index (χ4v) is 6.27. The summed E-state index contributed by atoms with van der Waals surface area (Å²) in [6.45, 7) is 10.3. The minimum Gasteiger partial charge on any atom is -0.508 e. The number of aromatic amines is 1. The number of likely N-dealkylation sites (tertiary alicyclic amines) is 1. The zero-order chi connectivity index (χ0) is 23.9. The number of carbonyl (C=O) groups excluding carboxylic acids is 1. The quantitative estimate of drug-likeness (QED) is 0.560. The summed E-state index contributed by atoms with van der Waals surface area (Å²) >= 11 is 0. The van der Waals surface area contributed by atoms with Crippen LogP contribution in [0.1, 0.15) is 58.9 Å². The van der Waals surface area contributed by atoms with Crippen LogP contribution in [0.2, 0.25) is 0 Å². The zero-order valence-electron chi connectivity index (χ0n) is 20.4. The van der Waals surface area contributed by atoms with Crippen molar-refractivity contribution in [1.29, 1.82) is 0 Å². The average molecular weight is 462 g/mol. The monoisotopic (exact) mass is 461 g/mol. The molecule has 2 aromatic heterocycles. The second-order valence-electron chi connectivity index (χ2n) is 9.91. The van der Waals surface area contributed by atoms with E-state index >= 15 is 0 Å². The van der Waals surface area contributed by atoms with E-state index in [9.17, 15) is 9.90 Å². The first kappa shape index (κ1) is 22.8. The minimum absolute atomic E-state index is 0.0712. The van der Waals surface area contributed by atoms with Crippen molar-refractivity contribution < 1.29 is 14.3 Å². The van der Waals surface area contributed by atoms with Crippen LogP contribution in [0.4, 0.5) is 0 Å². The number of H-pyrrole nitrogens is 1. The first-order valence-electron chi connectivity index (χ1n) is 12.5. The topological polar surface area (TPSA) is 72.7 Å². The number of phenols is 1. The maximum atomic E-state index is 13.2. The van der Waals surface area contributed by atoms with E-state index in [0.29, 0.717) is 24.8 Å². The maximum absolute atomic E-state index is 13.2. The summed E-state index contributed by atoms with van der Waals surface area (Å²) in [5, 5.41) is 10.3. The number of piperidine rings is 1. The smallest absolute Gasteiger partial charge is 0.270 e. The van der Waals surface area contributed by atoms with Gasteiger partial charge in [0.05, 0.1) is 12.8 Å². The Bertz CT molecular complexity index is 1160. The predicted octanol–water partition coefficient (Wildman–Crippen LogP) is 4.66. The van der Waals surface area contributed by atoms with Crippen LogP contribution in [-0.4, -0.2) is 52.0 Å². The van der Waals surface area contributed by atoms with Crippen LogP contribution in [0.15, 0.2) is 47.1 Å². The number of rotatable bonds is 6. The highest BCUT2D eigenvalue weighted by molar-refractivity contribution is 5.94. The summed E-state index contributed by atoms with van der Waals surface area (Å²) in [6, 6.07) is 11.8. The fraction of sp³-hybridized carbons (Fsp3) is 0.464. The van der Waals surface area contributed by atoms with Gasteiger partial charge >= 0.3 is 0 Å². The Morgan fingerprint density at radius 2 is 2.09 bits per heavy atom. The van der Waals surface area contributed by atoms with E-state index in [-0.39, 0.29) is 11.3 Å². The Morgan fingerprint density at radius 1 is 1.26 bits per heavy atom. The van der Waals surface area contributed by atoms with Gasteiger partial charge in [0.15, 0.2) is 0 Å². The molecule has 0 saturated carbocycles. The largest absolute Gasteiger partial charge is 0.508 e. The second-order valence-corrected chi connectivity index (χ2v) is 9.91. The lowest BCUT2D eigenvalue weighted by Gasteiger charge is -2.51. The molecule has 1 amide bonds. The third-order valence-corrected chi connectivity index (χ3v) is 8.19. The Morgan fingerprint density at radius 3 is 2.79 bits per heavy atom. The highest BCUT2D eigenvalue weighted by atomic mass is 16.3. The van der Waals surface area contributed by atoms with Gasteiger partial charge in [-0.05, 0) is 93.5 Å². The van der Waals surface area contributed by atoms with Crippen LogP contribution in [0, 0.1) is 12.8 Å². The Hall–Kier alpha value is -2.99. The molecule has 2 N–H and O–H groups in total. The van der Waals surface area contributed by atoms with Crippen LogP contribution >= 0.6 is 0 Å². The highest BCUT2D eigenvalue weighted by Crippen LogP contribution is 2.49. The minimum atomic E-state index is -0.0712. The molecule has 0 bridgehead atoms. The van der Waals surface area contributed by atoms with E-state index in [1.165, 1.54) is 16.8 Å². The van der Waals surface area contributed by atoms with Crippen molar-refractivity contribution in [3.05, 3.63) is 76.5 Å². The number of aromatic nitrogens is 1. The molecule has 6 nitrogen and oxygen atoms in total. The first-order valence-corrected chi connectivity index (χ1v) is 12.5. The van der Waals surface area contributed by atoms with Crippen molar-refractivity contribution in [2.45, 2.75) is 52.0 Å². The molecular formula is C28H35N3O3. The number of aromatic hydroxyl groups is 1. The first-order chi connectivity index (χ1) is 16.4. The third-order valence-electron chi connectivity index (χ3n) is 8.19. The number of nitrogens with zero attached hydrogens (tertiary/aromatic N) is 2. The van der Waals surface area contributed by atoms with E-state index < -0.39 is 0 Å². The lowest BCUT2D eigenvalue weighted by atomic mass is 9.58. The van der Waals surface area contributed by atoms with Crippen molar-refractivity contribution in [3.8, 4) is 5.75 Å². The predicted molar refractivity (Wildman–Crippen MR) is 132 cm³/mol. The molecule has 2 atom stereocenters. The summed E-state index contributed by atoms with van der Waals surface area (Å²) in [6.07, 6.45) is 4.52. The molecule has 1 aromatic carbocycles. The lowest BCUT2D eigenvalue weighted by molar-refractivity contribution is 0.0715. The van der Waals surface area contributed by atoms with Crippen LogP contribution < -0.4 is 0 Å². The van der Waals surface area contributed by atoms with Gasteiger partial charge in [-0.1, -0.05) is 12.1 Å². The van der Waals surface area contributed by atoms with Gasteiger partial charge in [0.25, 0.3) is 5.91 Å². The molecule has 3 heterocycles. The standard InChI is InChI=1S/C28H35N3O3/c1-4-31(5-2)27(33)26-19(3)24-15-21-17-30(18-23-10-7-13-34-23)12-11-28(21,16-25(24)29-26)20-8-6-9-22(32)14-20/h6-10,13-14,21,29,32H,4-5,11-12,15-18H2,1-3H3/t21-,28+/m1/s1. The molecule has 34 heavy (non-hydrogen) atoms. The van der Waals surface area contributed by atoms with Gasteiger partial charge < -0.3 is 19.4 Å². The van der Waals surface area contributed by atoms with E-state index in [0.717, 1.165) is 55.9 Å². The van der Waals surface area contributed by atoms with Crippen LogP contribution in [0.25, 0.3) is 0 Å². The molecule has 180 valence electrons. The lowest BCUT2D eigenvalue weighted by Crippen LogP contribution is -2.53. The number of benzene rings is 1. The second kappa shape index (κ2) is 8.99. The number of amides is 1. The number of phenolic OH excluding ortho intramolecular Hbond substituents is 1. The molecule has 0 radical (unpaired) electrons. The summed E-state index contributed by atoms with van der Waals surface area (Å²) in [4.78, 5) is 21.2. The Labute approximate surface area is 201 Å². The fourth-order valence-electron chi connectivity index (χ4n) is 6.27. The van der Waals surface area contributed by atoms with E-state index in [2.05, 4.69) is 22.9 Å². The molecular weight excluding hydrogens is 426 g/mol. The molecule has 1 saturated heterocycles. The van der Waals surface area contributed by atoms with Crippen LogP contribution in [-0.2, 0) is 24.8 Å². The zero-order valence-corrected chi connectivity index (χ0v) is 20.4. The van der Waals surface area contributed by atoms with Gasteiger partial charge in [0.1, 0.15) is 17.2 Å². The van der Waals surface area contributed by atoms with Crippen molar-refractivity contribution in [1.82, 2.24) is 14.8 Å². The Balaban J connectivity index is 1.52. The molecule has 1 fully saturated rings. The summed E-state index contributed by atoms with van der Waals surface area (Å²) in [7, 11) is 0. The molecule has 6 heteroatoms. The molecule has 2 aliphatic rings. The summed E-state index contributed by atoms with van der Waals surface area (Å²) < 4.78 is 5.62. The highest BCUT2D eigenvalue weighted by Gasteiger charge is 2.48. The summed E-state index contributed by atoms with van der Waals surface area (Å²) in [5.41, 5.74) is 5.45. The molecule has 1 aliphatic heterocycles. The van der Waals surface area contributed by atoms with Crippen LogP contribution in [0.3, 0.4) is 0 Å². The van der Waals surface area contributed by atoms with Gasteiger partial charge in [-0.25, -0.2) is 0 Å². The molecule has 0 spiro atoms. The van der Waals surface area contributed by atoms with E-state index in [1.807, 2.05) is 43.0 Å². The van der Waals surface area contributed by atoms with Crippen molar-refractivity contribution in [3.63, 3.8) is 0 Å². The normalized spacial score (nSPS) is 22.3. The molecule has 5 rings (SSSR count). The van der Waals surface area contributed by atoms with Gasteiger partial charge in [-0.2, -0.15) is 0 Å². The van der Waals surface area contributed by atoms with Gasteiger partial charge in [0, 0.05) is 30.7 Å². The number of hydrogen-bond acceptors (Lipinski definition) is 4. The number of nitrogens with one attached hydrogen (secondary N) is 1. The number of fused-ring (bicyclic) bond motifs is 2. The Kier molecular flexibility index (Phi) is 6.02. The van der Waals surface area contributed by atoms with Crippen molar-refractivity contribution >= 4 is 5.91 Å². The van der Waals surface area contributed by atoms with Crippen molar-refractivity contribution in [2.75, 3.05) is 26.2 Å².